The van der Waals surface area contributed by atoms with Gasteiger partial charge in [0.2, 0.25) is 5.89 Å². The highest BCUT2D eigenvalue weighted by Gasteiger charge is 2.31. The summed E-state index contributed by atoms with van der Waals surface area (Å²) in [5.74, 6) is 1.83. The molecule has 140 valence electrons. The Labute approximate surface area is 162 Å². The van der Waals surface area contributed by atoms with Crippen molar-refractivity contribution in [3.63, 3.8) is 0 Å². The second kappa shape index (κ2) is 7.71. The Morgan fingerprint density at radius 2 is 1.96 bits per heavy atom. The summed E-state index contributed by atoms with van der Waals surface area (Å²) in [7, 11) is 1.63. The van der Waals surface area contributed by atoms with Crippen LogP contribution in [0.4, 0.5) is 4.39 Å². The Kier molecular flexibility index (Phi) is 5.14. The lowest BCUT2D eigenvalue weighted by Crippen LogP contribution is -2.26. The fourth-order valence-electron chi connectivity index (χ4n) is 3.09. The smallest absolute Gasteiger partial charge is 0.209 e. The minimum Gasteiger partial charge on any atom is -0.497 e. The average molecular weight is 387 g/mol. The zero-order valence-electron chi connectivity index (χ0n) is 15.0. The van der Waals surface area contributed by atoms with Crippen LogP contribution in [-0.4, -0.2) is 23.0 Å². The van der Waals surface area contributed by atoms with Crippen molar-refractivity contribution in [2.24, 2.45) is 0 Å². The molecule has 0 radical (unpaired) electrons. The van der Waals surface area contributed by atoms with Gasteiger partial charge in [0.15, 0.2) is 5.76 Å². The van der Waals surface area contributed by atoms with Crippen molar-refractivity contribution in [3.05, 3.63) is 71.0 Å². The third-order valence-electron chi connectivity index (χ3n) is 4.75. The SMILES string of the molecule is COc1ccc(-c2cnc(CN(Cc3c(F)cccc3Cl)C3CC3)o2)cc1. The zero-order chi connectivity index (χ0) is 18.8. The minimum atomic E-state index is -0.278. The number of hydrogen-bond donors (Lipinski definition) is 0. The third kappa shape index (κ3) is 4.15. The Morgan fingerprint density at radius 1 is 1.19 bits per heavy atom. The monoisotopic (exact) mass is 386 g/mol. The van der Waals surface area contributed by atoms with Gasteiger partial charge in [-0.2, -0.15) is 0 Å². The first kappa shape index (κ1) is 18.0. The van der Waals surface area contributed by atoms with Crippen LogP contribution in [0, 0.1) is 5.82 Å². The Balaban J connectivity index is 1.50. The van der Waals surface area contributed by atoms with Gasteiger partial charge in [-0.3, -0.25) is 4.90 Å². The molecule has 1 fully saturated rings. The minimum absolute atomic E-state index is 0.278. The molecule has 3 aromatic rings. The standard InChI is InChI=1S/C21H20ClFN2O2/c1-26-16-9-5-14(6-10-16)20-11-24-21(27-20)13-25(15-7-8-15)12-17-18(22)3-2-4-19(17)23/h2-6,9-11,15H,7-8,12-13H2,1H3. The molecule has 1 aliphatic carbocycles. The van der Waals surface area contributed by atoms with E-state index in [9.17, 15) is 4.39 Å². The highest BCUT2D eigenvalue weighted by molar-refractivity contribution is 6.31. The van der Waals surface area contributed by atoms with E-state index in [2.05, 4.69) is 9.88 Å². The lowest BCUT2D eigenvalue weighted by molar-refractivity contribution is 0.219. The van der Waals surface area contributed by atoms with E-state index < -0.39 is 0 Å². The predicted octanol–water partition coefficient (Wildman–Crippen LogP) is 5.31. The summed E-state index contributed by atoms with van der Waals surface area (Å²) in [6, 6.07) is 12.8. The van der Waals surface area contributed by atoms with E-state index in [4.69, 9.17) is 20.8 Å². The fraction of sp³-hybridized carbons (Fsp3) is 0.286. The third-order valence-corrected chi connectivity index (χ3v) is 5.11. The van der Waals surface area contributed by atoms with Gasteiger partial charge in [0, 0.05) is 28.7 Å². The molecule has 1 heterocycles. The summed E-state index contributed by atoms with van der Waals surface area (Å²) >= 11 is 6.19. The van der Waals surface area contributed by atoms with Crippen LogP contribution in [0.3, 0.4) is 0 Å². The van der Waals surface area contributed by atoms with Gasteiger partial charge >= 0.3 is 0 Å². The summed E-state index contributed by atoms with van der Waals surface area (Å²) in [6.07, 6.45) is 3.91. The van der Waals surface area contributed by atoms with Crippen LogP contribution in [0.1, 0.15) is 24.3 Å². The molecule has 1 aromatic heterocycles. The lowest BCUT2D eigenvalue weighted by Gasteiger charge is -2.21. The van der Waals surface area contributed by atoms with E-state index >= 15 is 0 Å². The molecule has 1 aliphatic rings. The molecule has 0 saturated heterocycles. The molecule has 0 spiro atoms. The number of benzene rings is 2. The van der Waals surface area contributed by atoms with Gasteiger partial charge in [-0.05, 0) is 49.2 Å². The highest BCUT2D eigenvalue weighted by Crippen LogP contribution is 2.32. The Hall–Kier alpha value is -2.37. The summed E-state index contributed by atoms with van der Waals surface area (Å²) < 4.78 is 25.3. The maximum atomic E-state index is 14.2. The maximum Gasteiger partial charge on any atom is 0.209 e. The first-order chi connectivity index (χ1) is 13.1. The molecular formula is C21H20ClFN2O2. The van der Waals surface area contributed by atoms with Crippen molar-refractivity contribution in [1.29, 1.82) is 0 Å². The van der Waals surface area contributed by atoms with Crippen molar-refractivity contribution >= 4 is 11.6 Å². The van der Waals surface area contributed by atoms with Crippen molar-refractivity contribution in [2.45, 2.75) is 32.0 Å². The second-order valence-corrected chi connectivity index (χ2v) is 7.09. The van der Waals surface area contributed by atoms with Crippen LogP contribution in [-0.2, 0) is 13.1 Å². The summed E-state index contributed by atoms with van der Waals surface area (Å²) in [5, 5.41) is 0.451. The zero-order valence-corrected chi connectivity index (χ0v) is 15.7. The van der Waals surface area contributed by atoms with E-state index in [0.717, 1.165) is 24.2 Å². The van der Waals surface area contributed by atoms with Gasteiger partial charge < -0.3 is 9.15 Å². The van der Waals surface area contributed by atoms with Crippen LogP contribution in [0.5, 0.6) is 5.75 Å². The molecule has 4 nitrogen and oxygen atoms in total. The molecule has 27 heavy (non-hydrogen) atoms. The summed E-state index contributed by atoms with van der Waals surface area (Å²) in [5.41, 5.74) is 1.46. The van der Waals surface area contributed by atoms with E-state index in [1.807, 2.05) is 24.3 Å². The maximum absolute atomic E-state index is 14.2. The molecule has 1 saturated carbocycles. The van der Waals surface area contributed by atoms with Gasteiger partial charge in [-0.25, -0.2) is 9.37 Å². The molecule has 4 rings (SSSR count). The van der Waals surface area contributed by atoms with E-state index in [1.165, 1.54) is 6.07 Å². The molecule has 0 amide bonds. The molecule has 0 atom stereocenters. The molecule has 2 aromatic carbocycles. The first-order valence-corrected chi connectivity index (χ1v) is 9.28. The van der Waals surface area contributed by atoms with Gasteiger partial charge in [0.25, 0.3) is 0 Å². The van der Waals surface area contributed by atoms with Crippen LogP contribution in [0.25, 0.3) is 11.3 Å². The summed E-state index contributed by atoms with van der Waals surface area (Å²) in [6.45, 7) is 0.960. The number of nitrogens with zero attached hydrogens (tertiary/aromatic N) is 2. The van der Waals surface area contributed by atoms with Gasteiger partial charge in [-0.1, -0.05) is 17.7 Å². The number of methoxy groups -OCH3 is 1. The number of ether oxygens (including phenoxy) is 1. The molecule has 0 bridgehead atoms. The molecule has 0 unspecified atom stereocenters. The largest absolute Gasteiger partial charge is 0.497 e. The average Bonchev–Trinajstić information content (AvgIpc) is 3.43. The van der Waals surface area contributed by atoms with Gasteiger partial charge in [0.1, 0.15) is 11.6 Å². The second-order valence-electron chi connectivity index (χ2n) is 6.68. The molecule has 6 heteroatoms. The number of aromatic nitrogens is 1. The van der Waals surface area contributed by atoms with Crippen LogP contribution >= 0.6 is 11.6 Å². The Morgan fingerprint density at radius 3 is 2.63 bits per heavy atom. The number of oxazole rings is 1. The van der Waals surface area contributed by atoms with Crippen molar-refractivity contribution in [3.8, 4) is 17.1 Å². The van der Waals surface area contributed by atoms with E-state index in [-0.39, 0.29) is 5.82 Å². The predicted molar refractivity (Wildman–Crippen MR) is 102 cm³/mol. The van der Waals surface area contributed by atoms with Crippen molar-refractivity contribution in [1.82, 2.24) is 9.88 Å². The molecule has 0 aliphatic heterocycles. The van der Waals surface area contributed by atoms with Crippen LogP contribution < -0.4 is 4.74 Å². The fourth-order valence-corrected chi connectivity index (χ4v) is 3.31. The Bertz CT molecular complexity index is 902. The van der Waals surface area contributed by atoms with Crippen LogP contribution in [0.15, 0.2) is 53.1 Å². The normalized spacial score (nSPS) is 13.9. The quantitative estimate of drug-likeness (QED) is 0.551. The van der Waals surface area contributed by atoms with E-state index in [0.29, 0.717) is 41.4 Å². The van der Waals surface area contributed by atoms with Gasteiger partial charge in [0.05, 0.1) is 19.9 Å². The number of rotatable bonds is 7. The topological polar surface area (TPSA) is 38.5 Å². The van der Waals surface area contributed by atoms with Gasteiger partial charge in [-0.15, -0.1) is 0 Å². The first-order valence-electron chi connectivity index (χ1n) is 8.90. The number of hydrogen-bond acceptors (Lipinski definition) is 4. The molecular weight excluding hydrogens is 367 g/mol. The van der Waals surface area contributed by atoms with Crippen molar-refractivity contribution < 1.29 is 13.5 Å². The lowest BCUT2D eigenvalue weighted by atomic mass is 10.2. The summed E-state index contributed by atoms with van der Waals surface area (Å²) in [4.78, 5) is 6.58. The number of halogens is 2. The van der Waals surface area contributed by atoms with E-state index in [1.54, 1.807) is 25.4 Å². The van der Waals surface area contributed by atoms with Crippen molar-refractivity contribution in [2.75, 3.05) is 7.11 Å². The highest BCUT2D eigenvalue weighted by atomic mass is 35.5. The molecule has 0 N–H and O–H groups in total. The van der Waals surface area contributed by atoms with Crippen LogP contribution in [0.2, 0.25) is 5.02 Å².